The van der Waals surface area contributed by atoms with E-state index < -0.39 is 23.4 Å². The fourth-order valence-corrected chi connectivity index (χ4v) is 22.4. The maximum Gasteiger partial charge on any atom is 0.417 e. The molecule has 6 aliphatic carbocycles. The van der Waals surface area contributed by atoms with Gasteiger partial charge in [-0.1, -0.05) is 135 Å². The SMILES string of the molecule is CC(C)(C)OC(=O)N1Cc2cc(Br)ccc2C1=O.CC(C)(C)OC(=O)N1Cc2cc(N3C[C@@H]4C[C@H]3C[C@H]4OCc3c(-c4c(Cl)cccc4Cl)noc3C3CC3)ccc2C1=O.Clc1cccc(Cl)c1-c1noc(C2CC2)c1CO[C@@H]1C[C@@H]2C[C@H]1CN2.I.O=C1NCc2cc(Br)ccc21.O=C1NCc2cc(N3C[C@@H]4C[C@H]3C[C@H]4OCc3c(-c4c(Cl)cccc4Cl)noc3C3CC3)ccc21. The average molecular weight is 2150 g/mol. The van der Waals surface area contributed by atoms with E-state index in [1.54, 1.807) is 53.7 Å². The first-order valence-corrected chi connectivity index (χ1v) is 48.6. The molecule has 3 aromatic heterocycles. The molecule has 24 nitrogen and oxygen atoms in total. The fourth-order valence-electron chi connectivity index (χ4n) is 19.9. The minimum Gasteiger partial charge on any atom is -0.443 e. The highest BCUT2D eigenvalue weighted by molar-refractivity contribution is 14.0. The van der Waals surface area contributed by atoms with Crippen LogP contribution in [0.15, 0.2) is 150 Å². The Labute approximate surface area is 828 Å². The second kappa shape index (κ2) is 38.8. The third-order valence-electron chi connectivity index (χ3n) is 26.7. The first-order chi connectivity index (χ1) is 62.9. The number of halogens is 9. The van der Waals surface area contributed by atoms with E-state index in [9.17, 15) is 28.8 Å². The molecule has 9 fully saturated rings. The number of nitrogens with one attached hydrogen (secondary N) is 3. The van der Waals surface area contributed by atoms with E-state index in [4.69, 9.17) is 107 Å². The summed E-state index contributed by atoms with van der Waals surface area (Å²) in [6.07, 6.45) is 12.5. The molecule has 6 saturated carbocycles. The second-order valence-corrected chi connectivity index (χ2v) is 42.4. The van der Waals surface area contributed by atoms with Gasteiger partial charge in [0.25, 0.3) is 23.6 Å². The largest absolute Gasteiger partial charge is 0.443 e. The van der Waals surface area contributed by atoms with E-state index in [2.05, 4.69) is 85.2 Å². The van der Waals surface area contributed by atoms with E-state index in [1.807, 2.05) is 103 Å². The molecule has 23 rings (SSSR count). The lowest BCUT2D eigenvalue weighted by molar-refractivity contribution is 0.00911. The Morgan fingerprint density at radius 2 is 0.788 bits per heavy atom. The van der Waals surface area contributed by atoms with Gasteiger partial charge in [0.15, 0.2) is 0 Å². The second-order valence-electron chi connectivity index (χ2n) is 38.1. The zero-order valence-corrected chi connectivity index (χ0v) is 83.4. The summed E-state index contributed by atoms with van der Waals surface area (Å²) in [6.45, 7) is 16.8. The number of imide groups is 2. The molecular formula is C99H99Br2Cl6IN10O14. The number of amides is 6. The molecule has 7 aliphatic heterocycles. The Balaban J connectivity index is 0.000000117. The topological polar surface area (TPSA) is 276 Å². The number of piperidine rings is 3. The van der Waals surface area contributed by atoms with Gasteiger partial charge in [-0.05, 0) is 256 Å². The summed E-state index contributed by atoms with van der Waals surface area (Å²) in [7, 11) is 0. The van der Waals surface area contributed by atoms with Crippen LogP contribution in [-0.2, 0) is 69.7 Å². The van der Waals surface area contributed by atoms with Crippen LogP contribution >= 0.6 is 125 Å². The van der Waals surface area contributed by atoms with E-state index in [0.29, 0.717) is 156 Å². The molecule has 0 radical (unpaired) electrons. The summed E-state index contributed by atoms with van der Waals surface area (Å²) < 4.78 is 49.3. The van der Waals surface area contributed by atoms with E-state index in [0.717, 1.165) is 188 Å². The summed E-state index contributed by atoms with van der Waals surface area (Å²) >= 11 is 45.6. The predicted molar refractivity (Wildman–Crippen MR) is 521 cm³/mol. The molecule has 6 amide bonds. The number of benzene rings is 7. The predicted octanol–water partition coefficient (Wildman–Crippen LogP) is 24.0. The van der Waals surface area contributed by atoms with Gasteiger partial charge in [-0.25, -0.2) is 19.4 Å². The first kappa shape index (κ1) is 94.2. The van der Waals surface area contributed by atoms with Crippen molar-refractivity contribution in [3.05, 3.63) is 245 Å². The lowest BCUT2D eigenvalue weighted by Gasteiger charge is -2.33. The third kappa shape index (κ3) is 20.1. The Kier molecular flexibility index (Phi) is 27.7. The van der Waals surface area contributed by atoms with Crippen molar-refractivity contribution in [2.75, 3.05) is 29.4 Å². The summed E-state index contributed by atoms with van der Waals surface area (Å²) in [5, 5.41) is 25.7. The average Bonchev–Trinajstić information content (AvgIpc) is 1.65. The van der Waals surface area contributed by atoms with Gasteiger partial charge in [-0.3, -0.25) is 19.2 Å². The summed E-state index contributed by atoms with van der Waals surface area (Å²) in [4.78, 5) is 79.6. The van der Waals surface area contributed by atoms with Crippen LogP contribution in [-0.4, -0.2) is 128 Å². The molecule has 7 aromatic carbocycles. The van der Waals surface area contributed by atoms with Crippen molar-refractivity contribution in [2.45, 2.75) is 230 Å². The molecule has 6 bridgehead atoms. The maximum absolute atomic E-state index is 12.9. The lowest BCUT2D eigenvalue weighted by atomic mass is 10.0. The van der Waals surface area contributed by atoms with Crippen LogP contribution in [0.2, 0.25) is 30.1 Å². The molecule has 10 heterocycles. The number of ether oxygens (including phenoxy) is 5. The minimum atomic E-state index is -0.665. The fraction of sp³-hybridized carbons (Fsp3) is 0.424. The molecule has 132 heavy (non-hydrogen) atoms. The molecule has 0 spiro atoms. The van der Waals surface area contributed by atoms with Gasteiger partial charge in [0.05, 0.1) is 81.4 Å². The Hall–Kier alpha value is -8.14. The van der Waals surface area contributed by atoms with Crippen molar-refractivity contribution in [3.8, 4) is 33.8 Å². The summed E-state index contributed by atoms with van der Waals surface area (Å²) in [5.74, 6) is 4.95. The highest BCUT2D eigenvalue weighted by Gasteiger charge is 2.50. The Morgan fingerprint density at radius 3 is 1.14 bits per heavy atom. The van der Waals surface area contributed by atoms with Crippen LogP contribution in [0.3, 0.4) is 0 Å². The standard InChI is InChI=1S/C32H33Cl2N3O5.C27H25Cl2N3O3.C19H20Cl2N2O2.C13H14BrNO3.C8H6BrNO.HI/c1-32(2,3)41-31(39)37-14-18-11-20(9-10-22(18)30(37)38)36-15-19-12-21(36)13-26(19)40-16-23-28(35-42-29(23)17-7-8-17)27-24(33)5-4-6-25(27)34;28-21-2-1-3-22(29)24(21)25-20(26(35-31-25)14-4-5-14)13-34-23-10-18-9-16(23)12-32(18)17-6-7-19-15(8-17)11-30-27(19)33;20-14-2-1-3-15(21)17(14)18-13(19(25-23-18)10-4-5-10)9-24-16-7-12-6-11(16)8-22-12;1-13(2,3)18-12(17)15-7-8-6-9(14)4-5-10(8)11(15)16;9-6-1-2-7-5(3-6)4-10-8(7)11;/h4-6,9-11,17,19,21,26H,7-8,12-16H2,1-3H3;1-3,6-8,14,16,18,23H,4-5,9-13H2,(H,30,33);1-3,10-12,16,22H,4-9H2;4-6H,7H2,1-3H3;1-3H,4H2,(H,10,11);1H/t19-,21-,26+;16-,18-,23+;11-,12-,16+;;;/m000.../s1. The summed E-state index contributed by atoms with van der Waals surface area (Å²) in [5.41, 5.74) is 14.8. The number of anilines is 2. The smallest absolute Gasteiger partial charge is 0.417 e. The molecule has 692 valence electrons. The quantitative estimate of drug-likeness (QED) is 0.0714. The number of rotatable bonds is 17. The number of nitrogens with zero attached hydrogens (tertiary/aromatic N) is 7. The van der Waals surface area contributed by atoms with Gasteiger partial charge in [0, 0.05) is 156 Å². The molecule has 0 unspecified atom stereocenters. The van der Waals surface area contributed by atoms with Gasteiger partial charge in [-0.2, -0.15) is 0 Å². The number of hydrogen-bond donors (Lipinski definition) is 3. The highest BCUT2D eigenvalue weighted by atomic mass is 127. The van der Waals surface area contributed by atoms with Crippen molar-refractivity contribution in [2.24, 2.45) is 17.8 Å². The number of carbonyl (C=O) groups excluding carboxylic acids is 6. The van der Waals surface area contributed by atoms with Gasteiger partial charge < -0.3 is 63.0 Å². The number of carbonyl (C=O) groups is 6. The highest BCUT2D eigenvalue weighted by Crippen LogP contribution is 2.53. The molecule has 9 atom stereocenters. The van der Waals surface area contributed by atoms with Gasteiger partial charge in [0.1, 0.15) is 45.6 Å². The van der Waals surface area contributed by atoms with Crippen LogP contribution in [0.5, 0.6) is 0 Å². The molecule has 3 saturated heterocycles. The van der Waals surface area contributed by atoms with E-state index in [1.165, 1.54) is 17.0 Å². The van der Waals surface area contributed by atoms with E-state index >= 15 is 0 Å². The molecule has 10 aromatic rings. The van der Waals surface area contributed by atoms with Gasteiger partial charge >= 0.3 is 12.2 Å². The summed E-state index contributed by atoms with van der Waals surface area (Å²) in [6, 6.07) is 41.0. The van der Waals surface area contributed by atoms with Gasteiger partial charge in [-0.15, -0.1) is 24.0 Å². The van der Waals surface area contributed by atoms with Crippen LogP contribution in [0.4, 0.5) is 21.0 Å². The number of aromatic nitrogens is 3. The van der Waals surface area contributed by atoms with Crippen LogP contribution in [0.25, 0.3) is 33.8 Å². The van der Waals surface area contributed by atoms with Crippen molar-refractivity contribution < 1.29 is 66.0 Å². The van der Waals surface area contributed by atoms with Crippen LogP contribution < -0.4 is 25.8 Å². The Morgan fingerprint density at radius 1 is 0.439 bits per heavy atom. The Bertz CT molecular complexity index is 6110. The van der Waals surface area contributed by atoms with Crippen molar-refractivity contribution in [1.29, 1.82) is 0 Å². The minimum absolute atomic E-state index is 0. The zero-order valence-electron chi connectivity index (χ0n) is 73.4. The monoisotopic (exact) mass is 2150 g/mol. The molecule has 3 N–H and O–H groups in total. The van der Waals surface area contributed by atoms with Crippen LogP contribution in [0, 0.1) is 17.8 Å². The molecular weight excluding hydrogens is 2050 g/mol. The van der Waals surface area contributed by atoms with Gasteiger partial charge in [0.2, 0.25) is 0 Å². The van der Waals surface area contributed by atoms with Crippen molar-refractivity contribution in [3.63, 3.8) is 0 Å². The van der Waals surface area contributed by atoms with E-state index in [-0.39, 0.29) is 72.9 Å². The van der Waals surface area contributed by atoms with Crippen molar-refractivity contribution >= 4 is 173 Å². The lowest BCUT2D eigenvalue weighted by Crippen LogP contribution is -2.38. The maximum atomic E-state index is 12.9. The molecule has 13 aliphatic rings. The molecule has 33 heteroatoms. The van der Waals surface area contributed by atoms with Crippen LogP contribution in [0.1, 0.15) is 234 Å². The van der Waals surface area contributed by atoms with Crippen molar-refractivity contribution in [1.82, 2.24) is 41.2 Å². The number of hydrogen-bond acceptors (Lipinski definition) is 20. The third-order valence-corrected chi connectivity index (χ3v) is 29.5. The zero-order chi connectivity index (χ0) is 91.3. The number of fused-ring (bicyclic) bond motifs is 10. The first-order valence-electron chi connectivity index (χ1n) is 44.8. The normalized spacial score (nSPS) is 22.5.